The lowest BCUT2D eigenvalue weighted by Gasteiger charge is -2.08. The van der Waals surface area contributed by atoms with E-state index in [1.165, 1.54) is 0 Å². The summed E-state index contributed by atoms with van der Waals surface area (Å²) < 4.78 is 0. The molecule has 0 unspecified atom stereocenters. The van der Waals surface area contributed by atoms with E-state index < -0.39 is 11.8 Å². The number of carbonyl (C=O) groups excluding carboxylic acids is 3. The molecule has 3 amide bonds. The quantitative estimate of drug-likeness (QED) is 0.565. The number of hydrogen-bond acceptors (Lipinski definition) is 3. The molecule has 0 aromatic heterocycles. The SMILES string of the molecule is O=C(CCc1ccccc1Cl)NNC(=O)C(=O)NC1CC1. The van der Waals surface area contributed by atoms with Crippen molar-refractivity contribution < 1.29 is 14.4 Å². The van der Waals surface area contributed by atoms with E-state index in [0.29, 0.717) is 11.4 Å². The Morgan fingerprint density at radius 2 is 1.81 bits per heavy atom. The molecule has 1 aromatic rings. The number of aryl methyl sites for hydroxylation is 1. The van der Waals surface area contributed by atoms with Crippen molar-refractivity contribution in [2.75, 3.05) is 0 Å². The molecule has 1 aliphatic rings. The summed E-state index contributed by atoms with van der Waals surface area (Å²) in [5.41, 5.74) is 5.14. The molecule has 21 heavy (non-hydrogen) atoms. The van der Waals surface area contributed by atoms with Crippen LogP contribution < -0.4 is 16.2 Å². The first-order valence-electron chi connectivity index (χ1n) is 6.69. The molecule has 0 bridgehead atoms. The lowest BCUT2D eigenvalue weighted by Crippen LogP contribution is -2.49. The third kappa shape index (κ3) is 5.07. The zero-order valence-corrected chi connectivity index (χ0v) is 12.1. The predicted octanol–water partition coefficient (Wildman–Crippen LogP) is 0.699. The van der Waals surface area contributed by atoms with Gasteiger partial charge in [-0.2, -0.15) is 0 Å². The van der Waals surface area contributed by atoms with Crippen LogP contribution in [0.15, 0.2) is 24.3 Å². The summed E-state index contributed by atoms with van der Waals surface area (Å²) in [4.78, 5) is 34.3. The van der Waals surface area contributed by atoms with Crippen LogP contribution in [-0.2, 0) is 20.8 Å². The largest absolute Gasteiger partial charge is 0.345 e. The van der Waals surface area contributed by atoms with Crippen molar-refractivity contribution in [2.45, 2.75) is 31.7 Å². The van der Waals surface area contributed by atoms with Gasteiger partial charge in [-0.25, -0.2) is 0 Å². The molecule has 3 N–H and O–H groups in total. The van der Waals surface area contributed by atoms with Gasteiger partial charge >= 0.3 is 11.8 Å². The summed E-state index contributed by atoms with van der Waals surface area (Å²) in [5.74, 6) is -1.99. The number of amides is 3. The number of hydrazine groups is 1. The van der Waals surface area contributed by atoms with Gasteiger partial charge in [0.2, 0.25) is 5.91 Å². The standard InChI is InChI=1S/C14H16ClN3O3/c15-11-4-2-1-3-9(11)5-8-12(19)17-18-14(21)13(20)16-10-6-7-10/h1-4,10H,5-8H2,(H,16,20)(H,17,19)(H,18,21). The van der Waals surface area contributed by atoms with Crippen LogP contribution in [-0.4, -0.2) is 23.8 Å². The molecular formula is C14H16ClN3O3. The molecule has 0 radical (unpaired) electrons. The Morgan fingerprint density at radius 1 is 1.10 bits per heavy atom. The third-order valence-corrected chi connectivity index (χ3v) is 3.38. The van der Waals surface area contributed by atoms with E-state index in [4.69, 9.17) is 11.6 Å². The smallest absolute Gasteiger partial charge is 0.327 e. The Morgan fingerprint density at radius 3 is 2.48 bits per heavy atom. The lowest BCUT2D eigenvalue weighted by molar-refractivity contribution is -0.141. The van der Waals surface area contributed by atoms with E-state index in [0.717, 1.165) is 18.4 Å². The van der Waals surface area contributed by atoms with Crippen molar-refractivity contribution in [3.63, 3.8) is 0 Å². The van der Waals surface area contributed by atoms with E-state index in [2.05, 4.69) is 16.2 Å². The minimum Gasteiger partial charge on any atom is -0.345 e. The van der Waals surface area contributed by atoms with Gasteiger partial charge in [-0.15, -0.1) is 0 Å². The average Bonchev–Trinajstić information content (AvgIpc) is 3.27. The Bertz CT molecular complexity index is 558. The second-order valence-corrected chi connectivity index (χ2v) is 5.25. The van der Waals surface area contributed by atoms with Gasteiger partial charge in [0, 0.05) is 17.5 Å². The molecule has 1 saturated carbocycles. The van der Waals surface area contributed by atoms with Crippen molar-refractivity contribution in [1.82, 2.24) is 16.2 Å². The topological polar surface area (TPSA) is 87.3 Å². The maximum absolute atomic E-state index is 11.6. The third-order valence-electron chi connectivity index (χ3n) is 3.01. The fourth-order valence-corrected chi connectivity index (χ4v) is 1.90. The molecule has 0 aliphatic heterocycles. The van der Waals surface area contributed by atoms with E-state index in [1.807, 2.05) is 18.2 Å². The first kappa shape index (κ1) is 15.3. The van der Waals surface area contributed by atoms with Crippen LogP contribution >= 0.6 is 11.6 Å². The molecule has 7 heteroatoms. The number of halogens is 1. The zero-order chi connectivity index (χ0) is 15.2. The van der Waals surface area contributed by atoms with Crippen LogP contribution in [0.4, 0.5) is 0 Å². The Kier molecular flexibility index (Phi) is 5.16. The van der Waals surface area contributed by atoms with E-state index >= 15 is 0 Å². The van der Waals surface area contributed by atoms with Gasteiger partial charge in [-0.1, -0.05) is 29.8 Å². The Balaban J connectivity index is 1.68. The zero-order valence-electron chi connectivity index (χ0n) is 11.3. The fraction of sp³-hybridized carbons (Fsp3) is 0.357. The lowest BCUT2D eigenvalue weighted by atomic mass is 10.1. The van der Waals surface area contributed by atoms with Crippen LogP contribution in [0.1, 0.15) is 24.8 Å². The number of hydrogen-bond donors (Lipinski definition) is 3. The van der Waals surface area contributed by atoms with Crippen LogP contribution in [0.25, 0.3) is 0 Å². The first-order valence-corrected chi connectivity index (χ1v) is 7.07. The van der Waals surface area contributed by atoms with Gasteiger partial charge in [0.15, 0.2) is 0 Å². The van der Waals surface area contributed by atoms with Crippen LogP contribution in [0, 0.1) is 0 Å². The maximum Gasteiger partial charge on any atom is 0.327 e. The number of benzene rings is 1. The molecule has 0 heterocycles. The molecule has 2 rings (SSSR count). The van der Waals surface area contributed by atoms with Crippen molar-refractivity contribution in [3.8, 4) is 0 Å². The van der Waals surface area contributed by atoms with Crippen molar-refractivity contribution in [2.24, 2.45) is 0 Å². The number of rotatable bonds is 4. The Labute approximate surface area is 127 Å². The number of carbonyl (C=O) groups is 3. The van der Waals surface area contributed by atoms with Gasteiger partial charge in [0.05, 0.1) is 0 Å². The van der Waals surface area contributed by atoms with Gasteiger partial charge < -0.3 is 5.32 Å². The molecule has 112 valence electrons. The molecule has 6 nitrogen and oxygen atoms in total. The summed E-state index contributed by atoms with van der Waals surface area (Å²) in [6, 6.07) is 7.32. The Hall–Kier alpha value is -2.08. The van der Waals surface area contributed by atoms with Crippen LogP contribution in [0.5, 0.6) is 0 Å². The summed E-state index contributed by atoms with van der Waals surface area (Å²) >= 11 is 5.98. The second-order valence-electron chi connectivity index (χ2n) is 4.84. The van der Waals surface area contributed by atoms with Gasteiger partial charge in [0.25, 0.3) is 0 Å². The maximum atomic E-state index is 11.6. The van der Waals surface area contributed by atoms with E-state index in [1.54, 1.807) is 6.07 Å². The fourth-order valence-electron chi connectivity index (χ4n) is 1.67. The minimum atomic E-state index is -0.868. The van der Waals surface area contributed by atoms with Crippen LogP contribution in [0.3, 0.4) is 0 Å². The van der Waals surface area contributed by atoms with Crippen LogP contribution in [0.2, 0.25) is 5.02 Å². The summed E-state index contributed by atoms with van der Waals surface area (Å²) in [6.45, 7) is 0. The average molecular weight is 310 g/mol. The molecule has 1 fully saturated rings. The van der Waals surface area contributed by atoms with Crippen molar-refractivity contribution in [3.05, 3.63) is 34.9 Å². The highest BCUT2D eigenvalue weighted by Crippen LogP contribution is 2.18. The van der Waals surface area contributed by atoms with Crippen molar-refractivity contribution >= 4 is 29.3 Å². The first-order chi connectivity index (χ1) is 10.1. The summed E-state index contributed by atoms with van der Waals surface area (Å²) in [7, 11) is 0. The molecule has 0 spiro atoms. The van der Waals surface area contributed by atoms with Gasteiger partial charge in [-0.05, 0) is 30.9 Å². The molecule has 0 atom stereocenters. The highest BCUT2D eigenvalue weighted by molar-refractivity contribution is 6.35. The van der Waals surface area contributed by atoms with Gasteiger partial charge in [-0.3, -0.25) is 25.2 Å². The van der Waals surface area contributed by atoms with Gasteiger partial charge in [0.1, 0.15) is 0 Å². The summed E-state index contributed by atoms with van der Waals surface area (Å²) in [6.07, 6.45) is 2.40. The monoisotopic (exact) mass is 309 g/mol. The molecule has 1 aliphatic carbocycles. The number of nitrogens with one attached hydrogen (secondary N) is 3. The van der Waals surface area contributed by atoms with E-state index in [9.17, 15) is 14.4 Å². The normalized spacial score (nSPS) is 13.4. The predicted molar refractivity (Wildman–Crippen MR) is 77.2 cm³/mol. The minimum absolute atomic E-state index is 0.0965. The molecule has 1 aromatic carbocycles. The second kappa shape index (κ2) is 7.08. The summed E-state index contributed by atoms with van der Waals surface area (Å²) in [5, 5.41) is 3.12. The highest BCUT2D eigenvalue weighted by atomic mass is 35.5. The van der Waals surface area contributed by atoms with E-state index in [-0.39, 0.29) is 18.4 Å². The highest BCUT2D eigenvalue weighted by Gasteiger charge is 2.26. The molecule has 0 saturated heterocycles. The molecular weight excluding hydrogens is 294 g/mol. The van der Waals surface area contributed by atoms with Crippen molar-refractivity contribution in [1.29, 1.82) is 0 Å².